The lowest BCUT2D eigenvalue weighted by Crippen LogP contribution is -2.63. The Bertz CT molecular complexity index is 1360. The summed E-state index contributed by atoms with van der Waals surface area (Å²) in [5.74, 6) is -0.281. The molecule has 0 heterocycles. The van der Waals surface area contributed by atoms with Crippen LogP contribution in [0.1, 0.15) is 76.6 Å². The van der Waals surface area contributed by atoms with Gasteiger partial charge in [-0.25, -0.2) is 9.59 Å². The summed E-state index contributed by atoms with van der Waals surface area (Å²) in [5.41, 5.74) is 0.852. The van der Waals surface area contributed by atoms with Gasteiger partial charge in [0, 0.05) is 19.4 Å². The maximum Gasteiger partial charge on any atom is 0.408 e. The lowest BCUT2D eigenvalue weighted by molar-refractivity contribution is -0.126. The number of carboxylic acid groups (broad SMARTS) is 2. The molecule has 3 atom stereocenters. The van der Waals surface area contributed by atoms with Crippen molar-refractivity contribution in [2.45, 2.75) is 91.0 Å². The van der Waals surface area contributed by atoms with Gasteiger partial charge in [-0.1, -0.05) is 52.0 Å². The fourth-order valence-electron chi connectivity index (χ4n) is 5.51. The van der Waals surface area contributed by atoms with Gasteiger partial charge in [-0.3, -0.25) is 9.69 Å². The van der Waals surface area contributed by atoms with Crippen LogP contribution >= 0.6 is 0 Å². The van der Waals surface area contributed by atoms with Crippen LogP contribution in [0.2, 0.25) is 0 Å². The number of nitrogens with zero attached hydrogens (tertiary/aromatic N) is 4. The molecule has 2 aromatic rings. The molecule has 0 aliphatic rings. The highest BCUT2D eigenvalue weighted by atomic mass is 16.4. The molecule has 10 heteroatoms. The van der Waals surface area contributed by atoms with Crippen molar-refractivity contribution in [1.82, 2.24) is 9.80 Å². The number of hydrogen-bond donors (Lipinski definition) is 3. The summed E-state index contributed by atoms with van der Waals surface area (Å²) in [6, 6.07) is 15.3. The number of rotatable bonds is 15. The third-order valence-electron chi connectivity index (χ3n) is 7.55. The van der Waals surface area contributed by atoms with Gasteiger partial charge in [0.2, 0.25) is 0 Å². The second-order valence-electron chi connectivity index (χ2n) is 12.7. The number of benzene rings is 2. The molecule has 236 valence electrons. The number of ketones is 1. The number of aliphatic hydroxyl groups excluding tert-OH is 1. The fraction of sp³-hybridized carbons (Fsp3) is 0.500. The average molecular weight is 605 g/mol. The Morgan fingerprint density at radius 1 is 0.795 bits per heavy atom. The van der Waals surface area contributed by atoms with Crippen molar-refractivity contribution in [2.75, 3.05) is 6.54 Å². The first-order chi connectivity index (χ1) is 20.6. The van der Waals surface area contributed by atoms with Crippen molar-refractivity contribution in [2.24, 2.45) is 11.8 Å². The highest BCUT2D eigenvalue weighted by Gasteiger charge is 2.44. The maximum absolute atomic E-state index is 13.6. The molecule has 0 aromatic heterocycles. The van der Waals surface area contributed by atoms with Crippen LogP contribution in [0.4, 0.5) is 9.59 Å². The molecule has 10 nitrogen and oxygen atoms in total. The van der Waals surface area contributed by atoms with E-state index in [1.807, 2.05) is 39.8 Å². The van der Waals surface area contributed by atoms with Gasteiger partial charge in [0.25, 0.3) is 0 Å². The molecule has 44 heavy (non-hydrogen) atoms. The van der Waals surface area contributed by atoms with Crippen LogP contribution in [-0.2, 0) is 17.6 Å². The number of aliphatic hydroxyl groups is 1. The zero-order chi connectivity index (χ0) is 33.2. The SMILES string of the molecule is CC(C)CC(=O)[C@@H](Cc1ccc(C#N)cc1)N(C(=O)O)C(C)(C)CN(C(=O)O)[C@H](Cc1ccc(C#N)cc1)[C@@H](O)CC(C)C. The van der Waals surface area contributed by atoms with Gasteiger partial charge in [0.05, 0.1) is 47.0 Å². The molecule has 2 amide bonds. The second kappa shape index (κ2) is 15.9. The Balaban J connectivity index is 2.56. The summed E-state index contributed by atoms with van der Waals surface area (Å²) < 4.78 is 0. The van der Waals surface area contributed by atoms with Crippen molar-refractivity contribution in [3.05, 3.63) is 70.8 Å². The summed E-state index contributed by atoms with van der Waals surface area (Å²) in [5, 5.41) is 50.6. The number of carbonyl (C=O) groups excluding carboxylic acids is 1. The standard InChI is InChI=1S/C34H44N4O6/c1-22(2)15-30(39)28(17-24-7-11-26(19-35)12-8-24)37(32(41)42)21-34(5,6)38(33(43)44)29(31(40)16-23(3)4)18-25-9-13-27(20-36)14-10-25/h7-14,22-23,28-30,39H,15-18,21H2,1-6H3,(H,41,42)(H,43,44)/t28-,29-,30+/m1/s1. The largest absolute Gasteiger partial charge is 0.465 e. The summed E-state index contributed by atoms with van der Waals surface area (Å²) in [7, 11) is 0. The Morgan fingerprint density at radius 2 is 1.27 bits per heavy atom. The highest BCUT2D eigenvalue weighted by molar-refractivity contribution is 5.88. The normalized spacial score (nSPS) is 13.4. The summed E-state index contributed by atoms with van der Waals surface area (Å²) in [6.45, 7) is 10.4. The van der Waals surface area contributed by atoms with E-state index in [4.69, 9.17) is 10.5 Å². The fourth-order valence-corrected chi connectivity index (χ4v) is 5.51. The number of carbonyl (C=O) groups is 3. The van der Waals surface area contributed by atoms with Gasteiger partial charge in [-0.2, -0.15) is 10.5 Å². The third kappa shape index (κ3) is 10.1. The quantitative estimate of drug-likeness (QED) is 0.232. The number of nitriles is 2. The molecule has 0 unspecified atom stereocenters. The highest BCUT2D eigenvalue weighted by Crippen LogP contribution is 2.28. The molecule has 0 fully saturated rings. The van der Waals surface area contributed by atoms with E-state index in [0.717, 1.165) is 9.80 Å². The monoisotopic (exact) mass is 604 g/mol. The van der Waals surface area contributed by atoms with E-state index in [2.05, 4.69) is 0 Å². The predicted molar refractivity (Wildman–Crippen MR) is 166 cm³/mol. The first-order valence-corrected chi connectivity index (χ1v) is 14.8. The van der Waals surface area contributed by atoms with Crippen molar-refractivity contribution >= 4 is 18.0 Å². The molecule has 0 saturated heterocycles. The summed E-state index contributed by atoms with van der Waals surface area (Å²) >= 11 is 0. The second-order valence-corrected chi connectivity index (χ2v) is 12.7. The topological polar surface area (TPSA) is 166 Å². The molecular formula is C34H44N4O6. The third-order valence-corrected chi connectivity index (χ3v) is 7.55. The molecule has 2 aromatic carbocycles. The molecule has 2 rings (SSSR count). The minimum Gasteiger partial charge on any atom is -0.465 e. The van der Waals surface area contributed by atoms with Gasteiger partial charge in [-0.05, 0) is 73.9 Å². The van der Waals surface area contributed by atoms with E-state index < -0.39 is 35.9 Å². The Kier molecular flexibility index (Phi) is 12.9. The van der Waals surface area contributed by atoms with Gasteiger partial charge in [0.1, 0.15) is 0 Å². The van der Waals surface area contributed by atoms with Crippen LogP contribution in [-0.4, -0.2) is 73.4 Å². The van der Waals surface area contributed by atoms with Crippen LogP contribution in [0, 0.1) is 34.5 Å². The van der Waals surface area contributed by atoms with E-state index in [9.17, 15) is 29.7 Å². The van der Waals surface area contributed by atoms with Gasteiger partial charge >= 0.3 is 12.2 Å². The van der Waals surface area contributed by atoms with Crippen LogP contribution in [0.15, 0.2) is 48.5 Å². The minimum absolute atomic E-state index is 0.0387. The molecular weight excluding hydrogens is 560 g/mol. The number of Topliss-reactive ketones (excluding diaryl/α,β-unsaturated/α-hetero) is 1. The van der Waals surface area contributed by atoms with E-state index in [0.29, 0.717) is 28.7 Å². The molecule has 3 N–H and O–H groups in total. The van der Waals surface area contributed by atoms with E-state index in [-0.39, 0.29) is 43.4 Å². The van der Waals surface area contributed by atoms with E-state index in [1.165, 1.54) is 0 Å². The molecule has 0 radical (unpaired) electrons. The summed E-state index contributed by atoms with van der Waals surface area (Å²) in [4.78, 5) is 41.4. The van der Waals surface area contributed by atoms with Gasteiger partial charge < -0.3 is 20.2 Å². The van der Waals surface area contributed by atoms with Crippen molar-refractivity contribution in [3.63, 3.8) is 0 Å². The van der Waals surface area contributed by atoms with Crippen LogP contribution in [0.3, 0.4) is 0 Å². The molecule has 0 aliphatic carbocycles. The van der Waals surface area contributed by atoms with Crippen LogP contribution in [0.5, 0.6) is 0 Å². The number of amides is 2. The van der Waals surface area contributed by atoms with Crippen molar-refractivity contribution in [3.8, 4) is 12.1 Å². The Labute approximate surface area is 260 Å². The molecule has 0 bridgehead atoms. The minimum atomic E-state index is -1.39. The zero-order valence-corrected chi connectivity index (χ0v) is 26.4. The first-order valence-electron chi connectivity index (χ1n) is 14.8. The van der Waals surface area contributed by atoms with Gasteiger partial charge in [0.15, 0.2) is 5.78 Å². The average Bonchev–Trinajstić information content (AvgIpc) is 2.94. The number of hydrogen-bond acceptors (Lipinski definition) is 6. The lowest BCUT2D eigenvalue weighted by atomic mass is 9.89. The molecule has 0 spiro atoms. The molecule has 0 aliphatic heterocycles. The maximum atomic E-state index is 13.6. The Hall–Kier alpha value is -4.41. The van der Waals surface area contributed by atoms with E-state index in [1.54, 1.807) is 62.4 Å². The predicted octanol–water partition coefficient (Wildman–Crippen LogP) is 5.71. The van der Waals surface area contributed by atoms with Crippen LogP contribution in [0.25, 0.3) is 0 Å². The van der Waals surface area contributed by atoms with Gasteiger partial charge in [-0.15, -0.1) is 0 Å². The smallest absolute Gasteiger partial charge is 0.408 e. The van der Waals surface area contributed by atoms with Crippen molar-refractivity contribution in [1.29, 1.82) is 10.5 Å². The summed E-state index contributed by atoms with van der Waals surface area (Å²) in [6.07, 6.45) is -3.15. The van der Waals surface area contributed by atoms with E-state index >= 15 is 0 Å². The molecule has 0 saturated carbocycles. The zero-order valence-electron chi connectivity index (χ0n) is 26.4. The van der Waals surface area contributed by atoms with Crippen molar-refractivity contribution < 1.29 is 29.7 Å². The lowest BCUT2D eigenvalue weighted by Gasteiger charge is -2.45. The first kappa shape index (κ1) is 35.8. The Morgan fingerprint density at radius 3 is 1.66 bits per heavy atom. The van der Waals surface area contributed by atoms with Crippen LogP contribution < -0.4 is 0 Å².